The largest absolute Gasteiger partial charge is 0.539 e. The van der Waals surface area contributed by atoms with Gasteiger partial charge in [0.05, 0.1) is 14.1 Å². The van der Waals surface area contributed by atoms with Gasteiger partial charge in [-0.05, 0) is 17.6 Å². The minimum absolute atomic E-state index is 0.0948. The van der Waals surface area contributed by atoms with Crippen molar-refractivity contribution >= 4 is 24.5 Å². The molecule has 0 bridgehead atoms. The van der Waals surface area contributed by atoms with Gasteiger partial charge in [0.2, 0.25) is 5.82 Å². The Morgan fingerprint density at radius 2 is 1.13 bits per heavy atom. The summed E-state index contributed by atoms with van der Waals surface area (Å²) in [5.41, 5.74) is 0.0948. The minimum Gasteiger partial charge on any atom is -0.539 e. The normalized spacial score (nSPS) is 14.2. The van der Waals surface area contributed by atoms with Crippen LogP contribution in [0, 0.1) is 29.3 Å². The summed E-state index contributed by atoms with van der Waals surface area (Å²) in [6.07, 6.45) is 6.96. The lowest BCUT2D eigenvalue weighted by Crippen LogP contribution is -2.47. The monoisotopic (exact) mass is 591 g/mol. The van der Waals surface area contributed by atoms with Crippen molar-refractivity contribution in [2.24, 2.45) is 0 Å². The number of hydrogen-bond acceptors (Lipinski definition) is 1. The summed E-state index contributed by atoms with van der Waals surface area (Å²) in [7, 11) is -5.26. The summed E-state index contributed by atoms with van der Waals surface area (Å²) in [4.78, 5) is 0. The Kier molecular flexibility index (Phi) is 15.5. The molecule has 0 aliphatic carbocycles. The highest BCUT2D eigenvalue weighted by molar-refractivity contribution is 6.83. The van der Waals surface area contributed by atoms with E-state index in [1.165, 1.54) is 55.5 Å². The van der Waals surface area contributed by atoms with E-state index in [0.717, 1.165) is 37.4 Å². The molecule has 221 valence electrons. The highest BCUT2D eigenvalue weighted by atomic mass is 28.4. The molecule has 0 saturated carbocycles. The third kappa shape index (κ3) is 9.79. The van der Waals surface area contributed by atoms with Crippen molar-refractivity contribution in [3.8, 4) is 5.75 Å². The fraction of sp³-hybridized carbons (Fsp3) is 0.800. The standard InChI is InChI=1S/C30H55F4OSi3/c1-9-36(8,10-2)20-18-16-14-15-17-19-21-38(25(6)7,23-22-37(11-3,12-4)13-5)35-30-27(32)24-26(31)28(33)29(30)34/h25H,9-23H2,1-8H3. The smallest absolute Gasteiger partial charge is 0.253 e. The van der Waals surface area contributed by atoms with Gasteiger partial charge in [-0.1, -0.05) is 136 Å². The molecule has 38 heavy (non-hydrogen) atoms. The maximum Gasteiger partial charge on any atom is 0.253 e. The molecule has 0 N–H and O–H groups in total. The summed E-state index contributed by atoms with van der Waals surface area (Å²) >= 11 is 0. The molecule has 0 amide bonds. The first-order valence-electron chi connectivity index (χ1n) is 15.3. The molecule has 0 aromatic heterocycles. The fourth-order valence-electron chi connectivity index (χ4n) is 5.76. The van der Waals surface area contributed by atoms with E-state index in [0.29, 0.717) is 0 Å². The van der Waals surface area contributed by atoms with Crippen LogP contribution in [-0.2, 0) is 0 Å². The molecule has 1 unspecified atom stereocenters. The van der Waals surface area contributed by atoms with E-state index in [1.54, 1.807) is 6.07 Å². The number of rotatable bonds is 20. The van der Waals surface area contributed by atoms with Crippen LogP contribution in [-0.4, -0.2) is 24.5 Å². The molecule has 1 radical (unpaired) electrons. The van der Waals surface area contributed by atoms with Crippen molar-refractivity contribution in [3.63, 3.8) is 0 Å². The summed E-state index contributed by atoms with van der Waals surface area (Å²) in [6, 6.07) is 12.0. The van der Waals surface area contributed by atoms with Crippen molar-refractivity contribution in [3.05, 3.63) is 29.3 Å². The van der Waals surface area contributed by atoms with Gasteiger partial charge in [-0.15, -0.1) is 0 Å². The zero-order valence-corrected chi connectivity index (χ0v) is 28.6. The van der Waals surface area contributed by atoms with E-state index in [2.05, 4.69) is 55.0 Å². The second-order valence-electron chi connectivity index (χ2n) is 12.2. The summed E-state index contributed by atoms with van der Waals surface area (Å²) in [6.45, 7) is 18.1. The number of benzene rings is 1. The van der Waals surface area contributed by atoms with Crippen molar-refractivity contribution in [1.82, 2.24) is 0 Å². The molecule has 1 nitrogen and oxygen atoms in total. The van der Waals surface area contributed by atoms with Crippen molar-refractivity contribution in [1.29, 1.82) is 0 Å². The Bertz CT molecular complexity index is 820. The lowest BCUT2D eigenvalue weighted by molar-refractivity contribution is 0.379. The molecule has 0 spiro atoms. The Morgan fingerprint density at radius 3 is 1.61 bits per heavy atom. The maximum absolute atomic E-state index is 14.7. The van der Waals surface area contributed by atoms with E-state index in [9.17, 15) is 17.6 Å². The van der Waals surface area contributed by atoms with Crippen LogP contribution in [0.3, 0.4) is 0 Å². The van der Waals surface area contributed by atoms with Gasteiger partial charge in [0.25, 0.3) is 8.32 Å². The molecule has 0 aliphatic rings. The zero-order valence-electron chi connectivity index (χ0n) is 25.6. The van der Waals surface area contributed by atoms with E-state index in [-0.39, 0.29) is 5.54 Å². The molecule has 1 aromatic rings. The second-order valence-corrected chi connectivity index (χ2v) is 27.9. The van der Waals surface area contributed by atoms with E-state index in [4.69, 9.17) is 4.43 Å². The fourth-order valence-corrected chi connectivity index (χ4v) is 17.7. The van der Waals surface area contributed by atoms with Gasteiger partial charge in [-0.3, -0.25) is 0 Å². The highest BCUT2D eigenvalue weighted by Gasteiger charge is 2.44. The second kappa shape index (κ2) is 16.6. The van der Waals surface area contributed by atoms with Crippen LogP contribution in [0.25, 0.3) is 0 Å². The first kappa shape index (κ1) is 35.4. The Balaban J connectivity index is 2.99. The van der Waals surface area contributed by atoms with Gasteiger partial charge in [0.1, 0.15) is 0 Å². The lowest BCUT2D eigenvalue weighted by Gasteiger charge is -2.39. The first-order chi connectivity index (χ1) is 17.9. The molecular formula is C30H55F4OSi3. The molecule has 1 aromatic carbocycles. The summed E-state index contributed by atoms with van der Waals surface area (Å²) in [5, 5.41) is 0. The molecule has 8 heteroatoms. The molecule has 1 rings (SSSR count). The Labute approximate surface area is 234 Å². The highest BCUT2D eigenvalue weighted by Crippen LogP contribution is 2.41. The molecule has 0 heterocycles. The number of halogens is 4. The third-order valence-electron chi connectivity index (χ3n) is 10.0. The van der Waals surface area contributed by atoms with E-state index < -0.39 is 53.5 Å². The maximum atomic E-state index is 14.7. The van der Waals surface area contributed by atoms with Crippen LogP contribution in [0.1, 0.15) is 87.0 Å². The molecule has 0 saturated heterocycles. The van der Waals surface area contributed by atoms with Crippen molar-refractivity contribution in [2.45, 2.75) is 153 Å². The van der Waals surface area contributed by atoms with Crippen LogP contribution in [0.15, 0.2) is 0 Å². The lowest BCUT2D eigenvalue weighted by atomic mass is 10.1. The van der Waals surface area contributed by atoms with Crippen LogP contribution in [0.5, 0.6) is 5.75 Å². The average molecular weight is 592 g/mol. The molecule has 1 atom stereocenters. The van der Waals surface area contributed by atoms with Gasteiger partial charge >= 0.3 is 0 Å². The van der Waals surface area contributed by atoms with Gasteiger partial charge in [0.15, 0.2) is 23.2 Å². The number of hydrogen-bond donors (Lipinski definition) is 0. The summed E-state index contributed by atoms with van der Waals surface area (Å²) < 4.78 is 63.3. The van der Waals surface area contributed by atoms with Gasteiger partial charge < -0.3 is 4.43 Å². The Hall–Kier alpha value is -0.609. The molecule has 0 aliphatic heterocycles. The SMILES string of the molecule is CC[Si](C)(CC)CCCCCCCC[Si](CC[Si](CC)(CC)CC)(Oc1c(F)[c]c(F)c(F)c1F)C(C)C. The van der Waals surface area contributed by atoms with Crippen LogP contribution >= 0.6 is 0 Å². The minimum atomic E-state index is -2.73. The Morgan fingerprint density at radius 1 is 0.632 bits per heavy atom. The van der Waals surface area contributed by atoms with E-state index in [1.807, 2.05) is 0 Å². The van der Waals surface area contributed by atoms with Crippen LogP contribution in [0.2, 0.25) is 66.5 Å². The van der Waals surface area contributed by atoms with Crippen LogP contribution < -0.4 is 4.43 Å². The van der Waals surface area contributed by atoms with Gasteiger partial charge in [-0.25, -0.2) is 13.2 Å². The third-order valence-corrected chi connectivity index (χ3v) is 26.3. The predicted molar refractivity (Wildman–Crippen MR) is 163 cm³/mol. The zero-order chi connectivity index (χ0) is 29.0. The molecule has 0 fully saturated rings. The molecular weight excluding hydrogens is 537 g/mol. The van der Waals surface area contributed by atoms with E-state index >= 15 is 0 Å². The number of unbranched alkanes of at least 4 members (excludes halogenated alkanes) is 5. The quantitative estimate of drug-likeness (QED) is 0.0482. The van der Waals surface area contributed by atoms with Crippen molar-refractivity contribution < 1.29 is 22.0 Å². The first-order valence-corrected chi connectivity index (χ1v) is 23.7. The average Bonchev–Trinajstić information content (AvgIpc) is 2.91. The topological polar surface area (TPSA) is 9.23 Å². The van der Waals surface area contributed by atoms with Gasteiger partial charge in [0, 0.05) is 8.07 Å². The summed E-state index contributed by atoms with van der Waals surface area (Å²) in [5.74, 6) is -6.94. The predicted octanol–water partition coefficient (Wildman–Crippen LogP) is 11.7. The van der Waals surface area contributed by atoms with Gasteiger partial charge in [-0.2, -0.15) is 4.39 Å². The van der Waals surface area contributed by atoms with Crippen LogP contribution in [0.4, 0.5) is 17.6 Å². The van der Waals surface area contributed by atoms with Crippen molar-refractivity contribution in [2.75, 3.05) is 0 Å².